The van der Waals surface area contributed by atoms with E-state index >= 15 is 0 Å². The van der Waals surface area contributed by atoms with Gasteiger partial charge in [-0.15, -0.1) is 12.4 Å². The zero-order chi connectivity index (χ0) is 19.6. The van der Waals surface area contributed by atoms with Crippen LogP contribution in [0.25, 0.3) is 0 Å². The lowest BCUT2D eigenvalue weighted by atomic mass is 9.67. The molecule has 1 aliphatic carbocycles. The molecule has 3 fully saturated rings. The fourth-order valence-electron chi connectivity index (χ4n) is 5.08. The van der Waals surface area contributed by atoms with Crippen molar-refractivity contribution in [3.63, 3.8) is 0 Å². The monoisotopic (exact) mass is 421 g/mol. The van der Waals surface area contributed by atoms with E-state index in [-0.39, 0.29) is 35.7 Å². The third kappa shape index (κ3) is 4.44. The van der Waals surface area contributed by atoms with Crippen molar-refractivity contribution in [1.82, 2.24) is 10.2 Å². The molecule has 2 atom stereocenters. The molecular weight excluding hydrogens is 390 g/mol. The first kappa shape index (κ1) is 22.1. The van der Waals surface area contributed by atoms with Gasteiger partial charge in [0.1, 0.15) is 0 Å². The second-order valence-corrected chi connectivity index (χ2v) is 8.52. The number of fused-ring (bicyclic) bond motifs is 1. The number of carbonyl (C=O) groups is 2. The largest absolute Gasteiger partial charge is 0.381 e. The highest BCUT2D eigenvalue weighted by Crippen LogP contribution is 2.44. The molecule has 1 saturated carbocycles. The Morgan fingerprint density at radius 1 is 1.14 bits per heavy atom. The van der Waals surface area contributed by atoms with Crippen molar-refractivity contribution >= 4 is 29.9 Å². The van der Waals surface area contributed by atoms with E-state index in [9.17, 15) is 9.59 Å². The minimum atomic E-state index is -0.268. The first-order valence-corrected chi connectivity index (χ1v) is 10.6. The van der Waals surface area contributed by atoms with Gasteiger partial charge >= 0.3 is 0 Å². The Hall–Kier alpha value is -1.63. The Balaban J connectivity index is 0.00000240. The zero-order valence-electron chi connectivity index (χ0n) is 17.1. The number of carbonyl (C=O) groups excluding carboxylic acids is 2. The number of benzene rings is 1. The lowest BCUT2D eigenvalue weighted by Gasteiger charge is -2.37. The van der Waals surface area contributed by atoms with Gasteiger partial charge < -0.3 is 20.3 Å². The minimum Gasteiger partial charge on any atom is -0.381 e. The number of anilines is 1. The van der Waals surface area contributed by atoms with Gasteiger partial charge in [-0.1, -0.05) is 12.8 Å². The summed E-state index contributed by atoms with van der Waals surface area (Å²) >= 11 is 0. The number of hydrogen-bond acceptors (Lipinski definition) is 4. The van der Waals surface area contributed by atoms with Crippen LogP contribution in [0.3, 0.4) is 0 Å². The summed E-state index contributed by atoms with van der Waals surface area (Å²) in [5.74, 6) is 0.589. The predicted octanol–water partition coefficient (Wildman–Crippen LogP) is 3.08. The van der Waals surface area contributed by atoms with Crippen LogP contribution in [0, 0.1) is 11.3 Å². The second kappa shape index (κ2) is 9.45. The Morgan fingerprint density at radius 2 is 1.86 bits per heavy atom. The highest BCUT2D eigenvalue weighted by atomic mass is 35.5. The maximum absolute atomic E-state index is 13.1. The van der Waals surface area contributed by atoms with Gasteiger partial charge in [-0.3, -0.25) is 9.59 Å². The maximum atomic E-state index is 13.1. The van der Waals surface area contributed by atoms with Crippen LogP contribution in [-0.2, 0) is 9.53 Å². The molecule has 0 bridgehead atoms. The van der Waals surface area contributed by atoms with Crippen LogP contribution in [0.15, 0.2) is 24.3 Å². The number of rotatable bonds is 4. The first-order valence-electron chi connectivity index (χ1n) is 10.6. The number of nitrogens with one attached hydrogen (secondary N) is 2. The predicted molar refractivity (Wildman–Crippen MR) is 116 cm³/mol. The zero-order valence-corrected chi connectivity index (χ0v) is 17.9. The minimum absolute atomic E-state index is 0. The van der Waals surface area contributed by atoms with Crippen molar-refractivity contribution in [3.8, 4) is 0 Å². The molecule has 2 amide bonds. The fraction of sp³-hybridized carbons (Fsp3) is 0.636. The van der Waals surface area contributed by atoms with E-state index in [1.807, 2.05) is 36.2 Å². The van der Waals surface area contributed by atoms with Crippen molar-refractivity contribution in [2.75, 3.05) is 38.7 Å². The molecule has 2 saturated heterocycles. The average molecular weight is 422 g/mol. The molecular formula is C22H32ClN3O3. The molecule has 29 heavy (non-hydrogen) atoms. The molecule has 0 spiro atoms. The molecule has 4 rings (SSSR count). The molecule has 2 heterocycles. The van der Waals surface area contributed by atoms with E-state index in [4.69, 9.17) is 4.74 Å². The van der Waals surface area contributed by atoms with Crippen LogP contribution in [0.2, 0.25) is 0 Å². The highest BCUT2D eigenvalue weighted by molar-refractivity contribution is 5.98. The third-order valence-corrected chi connectivity index (χ3v) is 6.94. The van der Waals surface area contributed by atoms with Crippen molar-refractivity contribution in [3.05, 3.63) is 29.8 Å². The molecule has 0 radical (unpaired) electrons. The standard InChI is InChI=1S/C22H31N3O3.ClH/c1-25(19-9-12-28-13-10-19)20(26)16-5-7-18(8-6-16)24-21(27)22-11-3-2-4-17(22)14-23-15-22;/h5-8,17,19,23H,2-4,9-15H2,1H3,(H,24,27);1H/t17-,22+;/m0./s1. The summed E-state index contributed by atoms with van der Waals surface area (Å²) in [6, 6.07) is 7.56. The first-order chi connectivity index (χ1) is 13.6. The van der Waals surface area contributed by atoms with Gasteiger partial charge in [0.2, 0.25) is 5.91 Å². The number of amides is 2. The van der Waals surface area contributed by atoms with E-state index in [2.05, 4.69) is 10.6 Å². The Labute approximate surface area is 179 Å². The van der Waals surface area contributed by atoms with Gasteiger partial charge in [-0.25, -0.2) is 0 Å². The Bertz CT molecular complexity index is 721. The quantitative estimate of drug-likeness (QED) is 0.783. The molecule has 3 aliphatic rings. The Kier molecular flexibility index (Phi) is 7.19. The number of ether oxygens (including phenoxy) is 1. The molecule has 7 heteroatoms. The van der Waals surface area contributed by atoms with Crippen LogP contribution in [0.4, 0.5) is 5.69 Å². The van der Waals surface area contributed by atoms with Gasteiger partial charge in [0.05, 0.1) is 5.41 Å². The molecule has 2 aliphatic heterocycles. The van der Waals surface area contributed by atoms with Gasteiger partial charge in [0.15, 0.2) is 0 Å². The topological polar surface area (TPSA) is 70.7 Å². The van der Waals surface area contributed by atoms with Crippen LogP contribution in [-0.4, -0.2) is 56.1 Å². The van der Waals surface area contributed by atoms with Crippen LogP contribution >= 0.6 is 12.4 Å². The summed E-state index contributed by atoms with van der Waals surface area (Å²) in [4.78, 5) is 27.7. The van der Waals surface area contributed by atoms with Gasteiger partial charge in [0.25, 0.3) is 5.91 Å². The van der Waals surface area contributed by atoms with Crippen molar-refractivity contribution in [2.24, 2.45) is 11.3 Å². The van der Waals surface area contributed by atoms with Gasteiger partial charge in [-0.05, 0) is 62.4 Å². The highest BCUT2D eigenvalue weighted by Gasteiger charge is 2.49. The van der Waals surface area contributed by atoms with E-state index in [0.29, 0.717) is 24.7 Å². The fourth-order valence-corrected chi connectivity index (χ4v) is 5.08. The van der Waals surface area contributed by atoms with Crippen LogP contribution < -0.4 is 10.6 Å². The summed E-state index contributed by atoms with van der Waals surface area (Å²) in [6.45, 7) is 3.14. The average Bonchev–Trinajstić information content (AvgIpc) is 3.19. The van der Waals surface area contributed by atoms with Crippen LogP contribution in [0.1, 0.15) is 48.9 Å². The van der Waals surface area contributed by atoms with E-state index in [0.717, 1.165) is 50.9 Å². The van der Waals surface area contributed by atoms with Crippen molar-refractivity contribution in [1.29, 1.82) is 0 Å². The summed E-state index contributed by atoms with van der Waals surface area (Å²) in [6.07, 6.45) is 6.20. The molecule has 160 valence electrons. The third-order valence-electron chi connectivity index (χ3n) is 6.94. The lowest BCUT2D eigenvalue weighted by Crippen LogP contribution is -2.44. The summed E-state index contributed by atoms with van der Waals surface area (Å²) in [7, 11) is 1.86. The SMILES string of the molecule is CN(C(=O)c1ccc(NC(=O)[C@@]23CCCC[C@H]2CNC3)cc1)C1CCOCC1.Cl. The maximum Gasteiger partial charge on any atom is 0.253 e. The smallest absolute Gasteiger partial charge is 0.253 e. The van der Waals surface area contributed by atoms with Crippen molar-refractivity contribution in [2.45, 2.75) is 44.6 Å². The number of nitrogens with zero attached hydrogens (tertiary/aromatic N) is 1. The molecule has 2 N–H and O–H groups in total. The molecule has 1 aromatic carbocycles. The molecule has 6 nitrogen and oxygen atoms in total. The van der Waals surface area contributed by atoms with Crippen molar-refractivity contribution < 1.29 is 14.3 Å². The van der Waals surface area contributed by atoms with E-state index < -0.39 is 0 Å². The summed E-state index contributed by atoms with van der Waals surface area (Å²) in [5.41, 5.74) is 1.15. The molecule has 1 aromatic rings. The van der Waals surface area contributed by atoms with Gasteiger partial charge in [0, 0.05) is 44.1 Å². The Morgan fingerprint density at radius 3 is 2.59 bits per heavy atom. The van der Waals surface area contributed by atoms with E-state index in [1.54, 1.807) is 0 Å². The number of halogens is 1. The summed E-state index contributed by atoms with van der Waals surface area (Å²) in [5, 5.41) is 6.53. The molecule has 0 aromatic heterocycles. The summed E-state index contributed by atoms with van der Waals surface area (Å²) < 4.78 is 5.38. The van der Waals surface area contributed by atoms with Crippen LogP contribution in [0.5, 0.6) is 0 Å². The lowest BCUT2D eigenvalue weighted by molar-refractivity contribution is -0.128. The second-order valence-electron chi connectivity index (χ2n) is 8.52. The molecule has 0 unspecified atom stereocenters. The van der Waals surface area contributed by atoms with E-state index in [1.165, 1.54) is 6.42 Å². The number of hydrogen-bond donors (Lipinski definition) is 2. The normalized spacial score (nSPS) is 26.9. The van der Waals surface area contributed by atoms with Gasteiger partial charge in [-0.2, -0.15) is 0 Å².